The lowest BCUT2D eigenvalue weighted by molar-refractivity contribution is 0.0896. The standard InChI is InChI=1S/C15H21N3O2/c1-15(2)7-5-10(6-8-15)18-14(20)11-4-3-9-17-12(11)13(16)19/h3-4,9-10H,5-8H2,1-2H3,(H2,16,19)(H,18,20). The minimum atomic E-state index is -0.680. The molecule has 0 unspecified atom stereocenters. The average molecular weight is 275 g/mol. The van der Waals surface area contributed by atoms with Crippen LogP contribution in [0.25, 0.3) is 0 Å². The van der Waals surface area contributed by atoms with Crippen LogP contribution in [0.15, 0.2) is 18.3 Å². The zero-order valence-electron chi connectivity index (χ0n) is 12.0. The molecule has 1 fully saturated rings. The van der Waals surface area contributed by atoms with Gasteiger partial charge in [-0.15, -0.1) is 0 Å². The average Bonchev–Trinajstić information content (AvgIpc) is 2.41. The first kappa shape index (κ1) is 14.5. The van der Waals surface area contributed by atoms with Gasteiger partial charge in [-0.1, -0.05) is 13.8 Å². The van der Waals surface area contributed by atoms with Gasteiger partial charge in [0, 0.05) is 12.2 Å². The number of carbonyl (C=O) groups excluding carboxylic acids is 2. The van der Waals surface area contributed by atoms with E-state index in [1.807, 2.05) is 0 Å². The van der Waals surface area contributed by atoms with Crippen LogP contribution in [-0.2, 0) is 0 Å². The summed E-state index contributed by atoms with van der Waals surface area (Å²) >= 11 is 0. The van der Waals surface area contributed by atoms with Gasteiger partial charge < -0.3 is 11.1 Å². The Labute approximate surface area is 119 Å². The monoisotopic (exact) mass is 275 g/mol. The lowest BCUT2D eigenvalue weighted by atomic mass is 9.75. The molecule has 0 aromatic carbocycles. The molecule has 108 valence electrons. The Morgan fingerprint density at radius 2 is 2.00 bits per heavy atom. The van der Waals surface area contributed by atoms with Crippen molar-refractivity contribution in [3.63, 3.8) is 0 Å². The van der Waals surface area contributed by atoms with Gasteiger partial charge in [0.15, 0.2) is 0 Å². The van der Waals surface area contributed by atoms with E-state index in [0.717, 1.165) is 25.7 Å². The first-order chi connectivity index (χ1) is 9.39. The number of hydrogen-bond donors (Lipinski definition) is 2. The first-order valence-corrected chi connectivity index (χ1v) is 6.95. The summed E-state index contributed by atoms with van der Waals surface area (Å²) in [5, 5.41) is 2.98. The Hall–Kier alpha value is -1.91. The second-order valence-corrected chi connectivity index (χ2v) is 6.18. The minimum Gasteiger partial charge on any atom is -0.364 e. The van der Waals surface area contributed by atoms with Crippen LogP contribution in [0.5, 0.6) is 0 Å². The highest BCUT2D eigenvalue weighted by Crippen LogP contribution is 2.35. The molecular formula is C15H21N3O2. The molecular weight excluding hydrogens is 254 g/mol. The number of rotatable bonds is 3. The predicted molar refractivity (Wildman–Crippen MR) is 76.3 cm³/mol. The quantitative estimate of drug-likeness (QED) is 0.883. The molecule has 0 radical (unpaired) electrons. The van der Waals surface area contributed by atoms with Gasteiger partial charge in [0.25, 0.3) is 11.8 Å². The number of hydrogen-bond acceptors (Lipinski definition) is 3. The topological polar surface area (TPSA) is 85.1 Å². The molecule has 0 aliphatic heterocycles. The molecule has 0 atom stereocenters. The number of aromatic nitrogens is 1. The zero-order chi connectivity index (χ0) is 14.8. The molecule has 2 rings (SSSR count). The maximum Gasteiger partial charge on any atom is 0.268 e. The van der Waals surface area contributed by atoms with Crippen LogP contribution < -0.4 is 11.1 Å². The fourth-order valence-electron chi connectivity index (χ4n) is 2.59. The number of nitrogens with two attached hydrogens (primary N) is 1. The van der Waals surface area contributed by atoms with E-state index in [-0.39, 0.29) is 23.2 Å². The number of amides is 2. The molecule has 1 aromatic rings. The fourth-order valence-corrected chi connectivity index (χ4v) is 2.59. The Morgan fingerprint density at radius 3 is 2.60 bits per heavy atom. The Bertz CT molecular complexity index is 516. The molecule has 1 heterocycles. The third kappa shape index (κ3) is 3.35. The van der Waals surface area contributed by atoms with Crippen LogP contribution in [-0.4, -0.2) is 22.8 Å². The molecule has 1 aliphatic rings. The zero-order valence-corrected chi connectivity index (χ0v) is 12.0. The van der Waals surface area contributed by atoms with Crippen molar-refractivity contribution in [2.24, 2.45) is 11.1 Å². The van der Waals surface area contributed by atoms with Crippen LogP contribution in [0, 0.1) is 5.41 Å². The lowest BCUT2D eigenvalue weighted by Gasteiger charge is -2.34. The molecule has 3 N–H and O–H groups in total. The molecule has 0 spiro atoms. The number of primary amides is 1. The highest BCUT2D eigenvalue weighted by molar-refractivity contribution is 6.05. The van der Waals surface area contributed by atoms with E-state index in [1.54, 1.807) is 12.1 Å². The van der Waals surface area contributed by atoms with E-state index in [1.165, 1.54) is 6.20 Å². The summed E-state index contributed by atoms with van der Waals surface area (Å²) in [4.78, 5) is 27.4. The van der Waals surface area contributed by atoms with Crippen molar-refractivity contribution < 1.29 is 9.59 Å². The summed E-state index contributed by atoms with van der Waals surface area (Å²) in [5.74, 6) is -0.947. The minimum absolute atomic E-state index is 0.0288. The molecule has 1 aromatic heterocycles. The Kier molecular flexibility index (Phi) is 4.06. The van der Waals surface area contributed by atoms with Gasteiger partial charge in [0.05, 0.1) is 5.56 Å². The number of pyridine rings is 1. The summed E-state index contributed by atoms with van der Waals surface area (Å²) in [7, 11) is 0. The second-order valence-electron chi connectivity index (χ2n) is 6.18. The molecule has 0 bridgehead atoms. The van der Waals surface area contributed by atoms with Crippen LogP contribution in [0.1, 0.15) is 60.4 Å². The van der Waals surface area contributed by atoms with Gasteiger partial charge in [-0.2, -0.15) is 0 Å². The van der Waals surface area contributed by atoms with Gasteiger partial charge in [-0.25, -0.2) is 0 Å². The number of nitrogens with one attached hydrogen (secondary N) is 1. The van der Waals surface area contributed by atoms with Crippen molar-refractivity contribution >= 4 is 11.8 Å². The maximum absolute atomic E-state index is 12.2. The first-order valence-electron chi connectivity index (χ1n) is 6.95. The van der Waals surface area contributed by atoms with Gasteiger partial charge in [0.2, 0.25) is 0 Å². The van der Waals surface area contributed by atoms with Gasteiger partial charge >= 0.3 is 0 Å². The van der Waals surface area contributed by atoms with Gasteiger partial charge in [0.1, 0.15) is 5.69 Å². The van der Waals surface area contributed by atoms with Crippen molar-refractivity contribution in [1.82, 2.24) is 10.3 Å². The summed E-state index contributed by atoms with van der Waals surface area (Å²) in [6.45, 7) is 4.49. The fraction of sp³-hybridized carbons (Fsp3) is 0.533. The molecule has 2 amide bonds. The van der Waals surface area contributed by atoms with Crippen LogP contribution in [0.4, 0.5) is 0 Å². The Balaban J connectivity index is 2.04. The number of nitrogens with zero attached hydrogens (tertiary/aromatic N) is 1. The molecule has 20 heavy (non-hydrogen) atoms. The van der Waals surface area contributed by atoms with Gasteiger partial charge in [-0.3, -0.25) is 14.6 Å². The van der Waals surface area contributed by atoms with E-state index in [2.05, 4.69) is 24.1 Å². The molecule has 5 nitrogen and oxygen atoms in total. The normalized spacial score (nSPS) is 18.5. The van der Waals surface area contributed by atoms with E-state index in [4.69, 9.17) is 5.73 Å². The third-order valence-corrected chi connectivity index (χ3v) is 3.96. The lowest BCUT2D eigenvalue weighted by Crippen LogP contribution is -2.40. The Morgan fingerprint density at radius 1 is 1.35 bits per heavy atom. The number of carbonyl (C=O) groups is 2. The van der Waals surface area contributed by atoms with Crippen molar-refractivity contribution in [2.45, 2.75) is 45.6 Å². The van der Waals surface area contributed by atoms with E-state index < -0.39 is 5.91 Å². The van der Waals surface area contributed by atoms with E-state index in [0.29, 0.717) is 5.41 Å². The van der Waals surface area contributed by atoms with Crippen LogP contribution >= 0.6 is 0 Å². The van der Waals surface area contributed by atoms with Crippen molar-refractivity contribution in [3.8, 4) is 0 Å². The van der Waals surface area contributed by atoms with Crippen molar-refractivity contribution in [3.05, 3.63) is 29.6 Å². The summed E-state index contributed by atoms with van der Waals surface area (Å²) in [6, 6.07) is 3.37. The highest BCUT2D eigenvalue weighted by Gasteiger charge is 2.28. The molecule has 5 heteroatoms. The third-order valence-electron chi connectivity index (χ3n) is 3.96. The van der Waals surface area contributed by atoms with E-state index in [9.17, 15) is 9.59 Å². The summed E-state index contributed by atoms with van der Waals surface area (Å²) < 4.78 is 0. The largest absolute Gasteiger partial charge is 0.364 e. The van der Waals surface area contributed by atoms with Crippen molar-refractivity contribution in [2.75, 3.05) is 0 Å². The van der Waals surface area contributed by atoms with Gasteiger partial charge in [-0.05, 0) is 43.2 Å². The maximum atomic E-state index is 12.2. The predicted octanol–water partition coefficient (Wildman–Crippen LogP) is 1.88. The molecule has 0 saturated heterocycles. The summed E-state index contributed by atoms with van der Waals surface area (Å²) in [5.41, 5.74) is 5.88. The van der Waals surface area contributed by atoms with Crippen LogP contribution in [0.3, 0.4) is 0 Å². The smallest absolute Gasteiger partial charge is 0.268 e. The highest BCUT2D eigenvalue weighted by atomic mass is 16.2. The summed E-state index contributed by atoms with van der Waals surface area (Å²) in [6.07, 6.45) is 5.57. The van der Waals surface area contributed by atoms with Crippen LogP contribution in [0.2, 0.25) is 0 Å². The van der Waals surface area contributed by atoms with E-state index >= 15 is 0 Å². The molecule has 1 saturated carbocycles. The molecule has 1 aliphatic carbocycles. The SMILES string of the molecule is CC1(C)CCC(NC(=O)c2cccnc2C(N)=O)CC1. The second kappa shape index (κ2) is 5.61. The van der Waals surface area contributed by atoms with Crippen molar-refractivity contribution in [1.29, 1.82) is 0 Å².